The van der Waals surface area contributed by atoms with E-state index in [0.717, 1.165) is 10.9 Å². The third-order valence-electron chi connectivity index (χ3n) is 4.39. The maximum absolute atomic E-state index is 13.3. The van der Waals surface area contributed by atoms with Crippen LogP contribution >= 0.6 is 0 Å². The van der Waals surface area contributed by atoms with Crippen molar-refractivity contribution in [3.8, 4) is 11.5 Å². The third-order valence-corrected chi connectivity index (χ3v) is 4.39. The lowest BCUT2D eigenvalue weighted by Crippen LogP contribution is -2.29. The largest absolute Gasteiger partial charge is 0.417 e. The van der Waals surface area contributed by atoms with E-state index in [9.17, 15) is 4.39 Å². The van der Waals surface area contributed by atoms with Crippen molar-refractivity contribution in [2.45, 2.75) is 18.9 Å². The minimum atomic E-state index is -0.688. The molecular formula is C17H16FN3O3. The molecule has 1 aliphatic rings. The van der Waals surface area contributed by atoms with Gasteiger partial charge in [-0.25, -0.2) is 4.39 Å². The molecule has 7 heteroatoms. The number of halogens is 1. The number of rotatable bonds is 3. The molecule has 3 heterocycles. The Morgan fingerprint density at radius 1 is 1.25 bits per heavy atom. The first-order valence-electron chi connectivity index (χ1n) is 7.65. The number of aromatic nitrogens is 3. The molecule has 1 atom stereocenters. The highest BCUT2D eigenvalue weighted by Crippen LogP contribution is 2.35. The molecule has 3 aromatic rings. The maximum atomic E-state index is 13.3. The van der Waals surface area contributed by atoms with Crippen LogP contribution in [0, 0.1) is 12.7 Å². The summed E-state index contributed by atoms with van der Waals surface area (Å²) in [4.78, 5) is 4.43. The summed E-state index contributed by atoms with van der Waals surface area (Å²) in [5.41, 5.74) is 1.32. The predicted octanol–water partition coefficient (Wildman–Crippen LogP) is 2.99. The lowest BCUT2D eigenvalue weighted by molar-refractivity contribution is -0.0407. The molecule has 0 spiro atoms. The molecule has 0 aliphatic carbocycles. The first kappa shape index (κ1) is 15.2. The molecule has 1 aliphatic heterocycles. The van der Waals surface area contributed by atoms with Crippen molar-refractivity contribution in [1.82, 2.24) is 15.2 Å². The number of nitrogens with zero attached hydrogens (tertiary/aromatic N) is 3. The standard InChI is InChI=1S/C17H16FN3O3/c1-10-13(7-11-3-4-12(18)8-14(11)19-10)15-20-21-16(24-15)17(22-2)5-6-23-9-17/h3-4,7-8H,5-6,9H2,1-2H3. The van der Waals surface area contributed by atoms with Crippen LogP contribution in [0.4, 0.5) is 4.39 Å². The van der Waals surface area contributed by atoms with Gasteiger partial charge >= 0.3 is 0 Å². The van der Waals surface area contributed by atoms with E-state index >= 15 is 0 Å². The maximum Gasteiger partial charge on any atom is 0.251 e. The smallest absolute Gasteiger partial charge is 0.251 e. The van der Waals surface area contributed by atoms with Crippen molar-refractivity contribution in [1.29, 1.82) is 0 Å². The molecule has 6 nitrogen and oxygen atoms in total. The highest BCUT2D eigenvalue weighted by Gasteiger charge is 2.42. The van der Waals surface area contributed by atoms with Crippen LogP contribution in [0.5, 0.6) is 0 Å². The van der Waals surface area contributed by atoms with Crippen LogP contribution in [0.2, 0.25) is 0 Å². The average molecular weight is 329 g/mol. The van der Waals surface area contributed by atoms with Crippen molar-refractivity contribution in [3.63, 3.8) is 0 Å². The predicted molar refractivity (Wildman–Crippen MR) is 83.9 cm³/mol. The zero-order valence-electron chi connectivity index (χ0n) is 13.4. The minimum Gasteiger partial charge on any atom is -0.417 e. The van der Waals surface area contributed by atoms with Crippen molar-refractivity contribution in [3.05, 3.63) is 41.7 Å². The summed E-state index contributed by atoms with van der Waals surface area (Å²) in [5.74, 6) is 0.450. The quantitative estimate of drug-likeness (QED) is 0.736. The summed E-state index contributed by atoms with van der Waals surface area (Å²) in [7, 11) is 1.61. The Morgan fingerprint density at radius 2 is 2.12 bits per heavy atom. The fourth-order valence-corrected chi connectivity index (χ4v) is 2.93. The Bertz CT molecular complexity index is 903. The van der Waals surface area contributed by atoms with E-state index in [1.807, 2.05) is 13.0 Å². The first-order valence-corrected chi connectivity index (χ1v) is 7.65. The summed E-state index contributed by atoms with van der Waals surface area (Å²) < 4.78 is 30.2. The van der Waals surface area contributed by atoms with E-state index in [4.69, 9.17) is 13.9 Å². The monoisotopic (exact) mass is 329 g/mol. The Balaban J connectivity index is 1.78. The van der Waals surface area contributed by atoms with Crippen LogP contribution < -0.4 is 0 Å². The molecule has 1 unspecified atom stereocenters. The fourth-order valence-electron chi connectivity index (χ4n) is 2.93. The molecular weight excluding hydrogens is 313 g/mol. The summed E-state index contributed by atoms with van der Waals surface area (Å²) in [6, 6.07) is 6.36. The average Bonchev–Trinajstić information content (AvgIpc) is 3.24. The van der Waals surface area contributed by atoms with Crippen molar-refractivity contribution in [2.75, 3.05) is 20.3 Å². The van der Waals surface area contributed by atoms with E-state index < -0.39 is 5.60 Å². The van der Waals surface area contributed by atoms with Crippen molar-refractivity contribution < 1.29 is 18.3 Å². The van der Waals surface area contributed by atoms with Crippen LogP contribution in [0.1, 0.15) is 18.0 Å². The molecule has 1 fully saturated rings. The second kappa shape index (κ2) is 5.61. The van der Waals surface area contributed by atoms with E-state index in [0.29, 0.717) is 42.6 Å². The second-order valence-corrected chi connectivity index (χ2v) is 5.87. The molecule has 24 heavy (non-hydrogen) atoms. The van der Waals surface area contributed by atoms with Crippen LogP contribution in [-0.4, -0.2) is 35.5 Å². The molecule has 4 rings (SSSR count). The number of benzene rings is 1. The number of methoxy groups -OCH3 is 1. The number of hydrogen-bond donors (Lipinski definition) is 0. The molecule has 0 saturated carbocycles. The molecule has 0 N–H and O–H groups in total. The van der Waals surface area contributed by atoms with Crippen LogP contribution in [-0.2, 0) is 15.1 Å². The zero-order chi connectivity index (χ0) is 16.7. The van der Waals surface area contributed by atoms with Crippen LogP contribution in [0.25, 0.3) is 22.4 Å². The molecule has 0 bridgehead atoms. The SMILES string of the molecule is COC1(c2nnc(-c3cc4ccc(F)cc4nc3C)o2)CCOC1. The van der Waals surface area contributed by atoms with Gasteiger partial charge in [0.05, 0.1) is 30.0 Å². The molecule has 0 radical (unpaired) electrons. The minimum absolute atomic E-state index is 0.314. The number of pyridine rings is 1. The van der Waals surface area contributed by atoms with E-state index in [1.54, 1.807) is 13.2 Å². The summed E-state index contributed by atoms with van der Waals surface area (Å²) in [5, 5.41) is 9.09. The topological polar surface area (TPSA) is 70.3 Å². The number of hydrogen-bond acceptors (Lipinski definition) is 6. The molecule has 0 amide bonds. The molecule has 124 valence electrons. The fraction of sp³-hybridized carbons (Fsp3) is 0.353. The van der Waals surface area contributed by atoms with Gasteiger partial charge in [-0.15, -0.1) is 10.2 Å². The van der Waals surface area contributed by atoms with Crippen molar-refractivity contribution >= 4 is 10.9 Å². The number of fused-ring (bicyclic) bond motifs is 1. The zero-order valence-corrected chi connectivity index (χ0v) is 13.4. The Morgan fingerprint density at radius 3 is 2.88 bits per heavy atom. The molecule has 2 aromatic heterocycles. The van der Waals surface area contributed by atoms with Gasteiger partial charge < -0.3 is 13.9 Å². The van der Waals surface area contributed by atoms with E-state index in [2.05, 4.69) is 15.2 Å². The lowest BCUT2D eigenvalue weighted by Gasteiger charge is -2.20. The first-order chi connectivity index (χ1) is 11.6. The lowest BCUT2D eigenvalue weighted by atomic mass is 10.0. The summed E-state index contributed by atoms with van der Waals surface area (Å²) in [6.07, 6.45) is 0.666. The van der Waals surface area contributed by atoms with Gasteiger partial charge in [-0.2, -0.15) is 0 Å². The summed E-state index contributed by atoms with van der Waals surface area (Å²) >= 11 is 0. The molecule has 1 saturated heterocycles. The highest BCUT2D eigenvalue weighted by molar-refractivity contribution is 5.83. The Hall–Kier alpha value is -2.38. The van der Waals surface area contributed by atoms with E-state index in [1.165, 1.54) is 12.1 Å². The van der Waals surface area contributed by atoms with E-state index in [-0.39, 0.29) is 5.82 Å². The normalized spacial score (nSPS) is 20.8. The molecule has 1 aromatic carbocycles. The van der Waals surface area contributed by atoms with Gasteiger partial charge in [-0.05, 0) is 25.1 Å². The van der Waals surface area contributed by atoms with Crippen LogP contribution in [0.3, 0.4) is 0 Å². The van der Waals surface area contributed by atoms with Gasteiger partial charge in [0, 0.05) is 25.0 Å². The van der Waals surface area contributed by atoms with Gasteiger partial charge in [-0.3, -0.25) is 4.98 Å². The van der Waals surface area contributed by atoms with Gasteiger partial charge in [0.1, 0.15) is 5.82 Å². The number of ether oxygens (including phenoxy) is 2. The highest BCUT2D eigenvalue weighted by atomic mass is 19.1. The van der Waals surface area contributed by atoms with Gasteiger partial charge in [0.25, 0.3) is 5.89 Å². The summed E-state index contributed by atoms with van der Waals surface area (Å²) in [6.45, 7) is 2.81. The third kappa shape index (κ3) is 2.37. The van der Waals surface area contributed by atoms with Gasteiger partial charge in [0.15, 0.2) is 5.60 Å². The van der Waals surface area contributed by atoms with Crippen LogP contribution in [0.15, 0.2) is 28.7 Å². The number of aryl methyl sites for hydroxylation is 1. The Labute approximate surface area is 137 Å². The van der Waals surface area contributed by atoms with Crippen molar-refractivity contribution in [2.24, 2.45) is 0 Å². The Kier molecular flexibility index (Phi) is 3.54. The van der Waals surface area contributed by atoms with Gasteiger partial charge in [-0.1, -0.05) is 0 Å². The second-order valence-electron chi connectivity index (χ2n) is 5.87. The van der Waals surface area contributed by atoms with Gasteiger partial charge in [0.2, 0.25) is 5.89 Å².